The number of amides is 1. The minimum absolute atomic E-state index is 0.0757. The molecule has 0 aliphatic heterocycles. The van der Waals surface area contributed by atoms with Crippen LogP contribution >= 0.6 is 0 Å². The Kier molecular flexibility index (Phi) is 3.30. The quantitative estimate of drug-likeness (QED) is 0.868. The van der Waals surface area contributed by atoms with E-state index in [1.807, 2.05) is 44.2 Å². The van der Waals surface area contributed by atoms with Crippen LogP contribution in [0.4, 0.5) is 5.69 Å². The normalized spacial score (nSPS) is 11.5. The van der Waals surface area contributed by atoms with Gasteiger partial charge in [0.2, 0.25) is 5.91 Å². The average Bonchev–Trinajstić information content (AvgIpc) is 2.38. The second-order valence-corrected chi connectivity index (χ2v) is 4.95. The van der Waals surface area contributed by atoms with Gasteiger partial charge in [0.05, 0.1) is 10.9 Å². The van der Waals surface area contributed by atoms with E-state index in [-0.39, 0.29) is 5.91 Å². The van der Waals surface area contributed by atoms with Crippen molar-refractivity contribution in [3.63, 3.8) is 0 Å². The summed E-state index contributed by atoms with van der Waals surface area (Å²) in [6, 6.07) is 9.48. The summed E-state index contributed by atoms with van der Waals surface area (Å²) in [6.07, 6.45) is 1.75. The van der Waals surface area contributed by atoms with Crippen molar-refractivity contribution in [3.05, 3.63) is 36.5 Å². The number of nitrogens with two attached hydrogens (primary N) is 1. The Balaban J connectivity index is 2.25. The monoisotopic (exact) mass is 243 g/mol. The van der Waals surface area contributed by atoms with Crippen LogP contribution in [-0.4, -0.2) is 17.4 Å². The zero-order valence-electron chi connectivity index (χ0n) is 10.6. The van der Waals surface area contributed by atoms with E-state index in [9.17, 15) is 4.79 Å². The van der Waals surface area contributed by atoms with Crippen LogP contribution in [0.1, 0.15) is 13.8 Å². The molecule has 0 radical (unpaired) electrons. The fraction of sp³-hybridized carbons (Fsp3) is 0.286. The minimum atomic E-state index is -0.566. The highest BCUT2D eigenvalue weighted by atomic mass is 16.2. The summed E-state index contributed by atoms with van der Waals surface area (Å²) in [5.41, 5.74) is 6.69. The Bertz CT molecular complexity index is 578. The maximum Gasteiger partial charge on any atom is 0.231 e. The van der Waals surface area contributed by atoms with Gasteiger partial charge < -0.3 is 11.1 Å². The lowest BCUT2D eigenvalue weighted by Crippen LogP contribution is -2.37. The van der Waals surface area contributed by atoms with Gasteiger partial charge in [-0.2, -0.15) is 0 Å². The number of hydrogen-bond acceptors (Lipinski definition) is 3. The molecule has 1 aromatic heterocycles. The zero-order chi connectivity index (χ0) is 13.2. The molecule has 1 aromatic carbocycles. The van der Waals surface area contributed by atoms with Crippen molar-refractivity contribution >= 4 is 22.5 Å². The van der Waals surface area contributed by atoms with Gasteiger partial charge in [0.25, 0.3) is 0 Å². The molecule has 0 saturated heterocycles. The van der Waals surface area contributed by atoms with Crippen LogP contribution in [0, 0.1) is 5.41 Å². The number of benzene rings is 1. The van der Waals surface area contributed by atoms with Gasteiger partial charge in [-0.3, -0.25) is 9.78 Å². The Morgan fingerprint density at radius 1 is 1.39 bits per heavy atom. The maximum atomic E-state index is 12.0. The Labute approximate surface area is 106 Å². The fourth-order valence-corrected chi connectivity index (χ4v) is 1.55. The van der Waals surface area contributed by atoms with Crippen LogP contribution in [0.25, 0.3) is 10.9 Å². The third-order valence-corrected chi connectivity index (χ3v) is 2.99. The fourth-order valence-electron chi connectivity index (χ4n) is 1.55. The lowest BCUT2D eigenvalue weighted by Gasteiger charge is -2.21. The number of fused-ring (bicyclic) bond motifs is 1. The van der Waals surface area contributed by atoms with Crippen molar-refractivity contribution < 1.29 is 4.79 Å². The number of nitrogens with zero attached hydrogens (tertiary/aromatic N) is 1. The van der Waals surface area contributed by atoms with Gasteiger partial charge in [-0.1, -0.05) is 6.07 Å². The molecule has 0 unspecified atom stereocenters. The first-order valence-electron chi connectivity index (χ1n) is 5.89. The molecule has 0 saturated carbocycles. The highest BCUT2D eigenvalue weighted by Gasteiger charge is 2.25. The molecule has 4 nitrogen and oxygen atoms in total. The van der Waals surface area contributed by atoms with Gasteiger partial charge in [0.15, 0.2) is 0 Å². The number of carbonyl (C=O) groups is 1. The first-order valence-corrected chi connectivity index (χ1v) is 5.89. The number of pyridine rings is 1. The largest absolute Gasteiger partial charge is 0.329 e. The smallest absolute Gasteiger partial charge is 0.231 e. The van der Waals surface area contributed by atoms with E-state index < -0.39 is 5.41 Å². The van der Waals surface area contributed by atoms with E-state index >= 15 is 0 Å². The van der Waals surface area contributed by atoms with Gasteiger partial charge in [-0.25, -0.2) is 0 Å². The van der Waals surface area contributed by atoms with E-state index in [1.54, 1.807) is 6.20 Å². The molecule has 94 valence electrons. The van der Waals surface area contributed by atoms with Crippen LogP contribution in [0.3, 0.4) is 0 Å². The van der Waals surface area contributed by atoms with Crippen molar-refractivity contribution in [2.75, 3.05) is 11.9 Å². The lowest BCUT2D eigenvalue weighted by atomic mass is 9.92. The standard InChI is InChI=1S/C14H17N3O/c1-14(2,9-15)13(18)17-11-5-6-12-10(8-11)4-3-7-16-12/h3-8H,9,15H2,1-2H3,(H,17,18). The molecule has 0 aliphatic rings. The minimum Gasteiger partial charge on any atom is -0.329 e. The highest BCUT2D eigenvalue weighted by Crippen LogP contribution is 2.20. The summed E-state index contributed by atoms with van der Waals surface area (Å²) < 4.78 is 0. The second kappa shape index (κ2) is 4.74. The van der Waals surface area contributed by atoms with Gasteiger partial charge in [-0.15, -0.1) is 0 Å². The molecule has 3 N–H and O–H groups in total. The molecule has 0 spiro atoms. The third-order valence-electron chi connectivity index (χ3n) is 2.99. The summed E-state index contributed by atoms with van der Waals surface area (Å²) in [4.78, 5) is 16.2. The number of rotatable bonds is 3. The summed E-state index contributed by atoms with van der Waals surface area (Å²) in [5, 5.41) is 3.88. The van der Waals surface area contributed by atoms with Gasteiger partial charge >= 0.3 is 0 Å². The SMILES string of the molecule is CC(C)(CN)C(=O)Nc1ccc2ncccc2c1. The lowest BCUT2D eigenvalue weighted by molar-refractivity contribution is -0.123. The molecule has 0 fully saturated rings. The van der Waals surface area contributed by atoms with Gasteiger partial charge in [-0.05, 0) is 38.1 Å². The average molecular weight is 243 g/mol. The van der Waals surface area contributed by atoms with Crippen molar-refractivity contribution in [2.24, 2.45) is 11.1 Å². The molecular weight excluding hydrogens is 226 g/mol. The Morgan fingerprint density at radius 2 is 2.17 bits per heavy atom. The molecule has 0 atom stereocenters. The first kappa shape index (κ1) is 12.5. The molecule has 1 amide bonds. The molecule has 0 bridgehead atoms. The zero-order valence-corrected chi connectivity index (χ0v) is 10.6. The van der Waals surface area contributed by atoms with Crippen LogP contribution in [-0.2, 0) is 4.79 Å². The molecular formula is C14H17N3O. The van der Waals surface area contributed by atoms with E-state index in [4.69, 9.17) is 5.73 Å². The van der Waals surface area contributed by atoms with Crippen molar-refractivity contribution in [1.82, 2.24) is 4.98 Å². The van der Waals surface area contributed by atoms with E-state index in [0.29, 0.717) is 6.54 Å². The molecule has 4 heteroatoms. The van der Waals surface area contributed by atoms with Crippen molar-refractivity contribution in [3.8, 4) is 0 Å². The van der Waals surface area contributed by atoms with Crippen LogP contribution in [0.5, 0.6) is 0 Å². The Hall–Kier alpha value is -1.94. The number of hydrogen-bond donors (Lipinski definition) is 2. The second-order valence-electron chi connectivity index (χ2n) is 4.95. The van der Waals surface area contributed by atoms with Crippen LogP contribution < -0.4 is 11.1 Å². The molecule has 0 aliphatic carbocycles. The summed E-state index contributed by atoms with van der Waals surface area (Å²) in [6.45, 7) is 3.96. The van der Waals surface area contributed by atoms with Crippen LogP contribution in [0.2, 0.25) is 0 Å². The molecule has 18 heavy (non-hydrogen) atoms. The van der Waals surface area contributed by atoms with E-state index in [0.717, 1.165) is 16.6 Å². The van der Waals surface area contributed by atoms with E-state index in [2.05, 4.69) is 10.3 Å². The topological polar surface area (TPSA) is 68.0 Å². The number of carbonyl (C=O) groups excluding carboxylic acids is 1. The molecule has 2 aromatic rings. The van der Waals surface area contributed by atoms with Crippen molar-refractivity contribution in [2.45, 2.75) is 13.8 Å². The highest BCUT2D eigenvalue weighted by molar-refractivity contribution is 5.96. The number of anilines is 1. The van der Waals surface area contributed by atoms with E-state index in [1.165, 1.54) is 0 Å². The first-order chi connectivity index (χ1) is 8.53. The van der Waals surface area contributed by atoms with Crippen molar-refractivity contribution in [1.29, 1.82) is 0 Å². The summed E-state index contributed by atoms with van der Waals surface area (Å²) in [7, 11) is 0. The predicted octanol–water partition coefficient (Wildman–Crippen LogP) is 2.16. The summed E-state index contributed by atoms with van der Waals surface area (Å²) in [5.74, 6) is -0.0757. The van der Waals surface area contributed by atoms with Crippen LogP contribution in [0.15, 0.2) is 36.5 Å². The predicted molar refractivity (Wildman–Crippen MR) is 73.2 cm³/mol. The number of nitrogens with one attached hydrogen (secondary N) is 1. The molecule has 2 rings (SSSR count). The Morgan fingerprint density at radius 3 is 2.89 bits per heavy atom. The van der Waals surface area contributed by atoms with Gasteiger partial charge in [0.1, 0.15) is 0 Å². The van der Waals surface area contributed by atoms with Gasteiger partial charge in [0, 0.05) is 23.8 Å². The third kappa shape index (κ3) is 2.49. The number of aromatic nitrogens is 1. The summed E-state index contributed by atoms with van der Waals surface area (Å²) >= 11 is 0. The molecule has 1 heterocycles. The maximum absolute atomic E-state index is 12.0.